The third kappa shape index (κ3) is 4.30. The molecule has 0 aliphatic carbocycles. The van der Waals surface area contributed by atoms with Crippen molar-refractivity contribution in [3.05, 3.63) is 17.7 Å². The van der Waals surface area contributed by atoms with E-state index in [0.717, 1.165) is 12.5 Å². The summed E-state index contributed by atoms with van der Waals surface area (Å²) in [5.74, 6) is -1.67. The fourth-order valence-electron chi connectivity index (χ4n) is 1.29. The molecule has 1 aromatic rings. The second-order valence-electron chi connectivity index (χ2n) is 5.53. The molecule has 1 heterocycles. The molecule has 0 bridgehead atoms. The van der Waals surface area contributed by atoms with Crippen molar-refractivity contribution in [3.8, 4) is 5.88 Å². The number of ether oxygens (including phenoxy) is 1. The Labute approximate surface area is 119 Å². The molecule has 20 heavy (non-hydrogen) atoms. The Balaban J connectivity index is 2.84. The third-order valence-corrected chi connectivity index (χ3v) is 3.21. The number of aromatic nitrogens is 1. The van der Waals surface area contributed by atoms with Crippen molar-refractivity contribution in [2.24, 2.45) is 0 Å². The van der Waals surface area contributed by atoms with Crippen LogP contribution in [0.1, 0.15) is 27.2 Å². The van der Waals surface area contributed by atoms with Gasteiger partial charge in [0, 0.05) is 18.2 Å². The molecular weight excluding hydrogens is 264 g/mol. The number of nitrogens with one attached hydrogen (secondary N) is 1. The first-order valence-corrected chi connectivity index (χ1v) is 6.68. The van der Waals surface area contributed by atoms with E-state index in [0.29, 0.717) is 6.54 Å². The van der Waals surface area contributed by atoms with Gasteiger partial charge in [0.2, 0.25) is 0 Å². The standard InChI is InChI=1S/C14H23F2N3O/c1-6-7-17-12-10(15)8-11(16)13(18-12)20-9-14(2,3)19(4)5/h8H,6-7,9H2,1-5H3,(H,17,18). The Hall–Kier alpha value is -1.43. The van der Waals surface area contributed by atoms with E-state index in [4.69, 9.17) is 4.74 Å². The minimum atomic E-state index is -0.792. The van der Waals surface area contributed by atoms with Crippen molar-refractivity contribution in [1.29, 1.82) is 0 Å². The van der Waals surface area contributed by atoms with Gasteiger partial charge in [-0.25, -0.2) is 8.78 Å². The summed E-state index contributed by atoms with van der Waals surface area (Å²) >= 11 is 0. The SMILES string of the molecule is CCCNc1nc(OCC(C)(C)N(C)C)c(F)cc1F. The minimum Gasteiger partial charge on any atom is -0.474 e. The number of hydrogen-bond donors (Lipinski definition) is 1. The molecule has 1 rings (SSSR count). The molecule has 0 saturated carbocycles. The van der Waals surface area contributed by atoms with Crippen LogP contribution in [-0.2, 0) is 0 Å². The quantitative estimate of drug-likeness (QED) is 0.836. The number of likely N-dealkylation sites (N-methyl/N-ethyl adjacent to an activating group) is 1. The first kappa shape index (κ1) is 16.6. The summed E-state index contributed by atoms with van der Waals surface area (Å²) in [6, 6.07) is 0.795. The smallest absolute Gasteiger partial charge is 0.252 e. The van der Waals surface area contributed by atoms with E-state index in [9.17, 15) is 8.78 Å². The molecule has 0 saturated heterocycles. The van der Waals surface area contributed by atoms with Crippen molar-refractivity contribution in [2.75, 3.05) is 32.6 Å². The van der Waals surface area contributed by atoms with Gasteiger partial charge in [-0.3, -0.25) is 0 Å². The molecule has 1 N–H and O–H groups in total. The lowest BCUT2D eigenvalue weighted by atomic mass is 10.1. The van der Waals surface area contributed by atoms with Crippen molar-refractivity contribution < 1.29 is 13.5 Å². The number of hydrogen-bond acceptors (Lipinski definition) is 4. The molecule has 0 aromatic carbocycles. The molecule has 0 radical (unpaired) electrons. The average Bonchev–Trinajstić information content (AvgIpc) is 2.36. The van der Waals surface area contributed by atoms with Crippen LogP contribution in [0.5, 0.6) is 5.88 Å². The first-order valence-electron chi connectivity index (χ1n) is 6.68. The summed E-state index contributed by atoms with van der Waals surface area (Å²) in [5, 5.41) is 2.81. The first-order chi connectivity index (χ1) is 9.27. The number of anilines is 1. The molecule has 0 fully saturated rings. The van der Waals surface area contributed by atoms with E-state index in [2.05, 4.69) is 10.3 Å². The van der Waals surface area contributed by atoms with Gasteiger partial charge >= 0.3 is 0 Å². The largest absolute Gasteiger partial charge is 0.474 e. The Bertz CT molecular complexity index is 450. The van der Waals surface area contributed by atoms with Crippen LogP contribution < -0.4 is 10.1 Å². The highest BCUT2D eigenvalue weighted by Gasteiger charge is 2.23. The van der Waals surface area contributed by atoms with Crippen molar-refractivity contribution in [2.45, 2.75) is 32.7 Å². The lowest BCUT2D eigenvalue weighted by molar-refractivity contribution is 0.108. The minimum absolute atomic E-state index is 0.0194. The summed E-state index contributed by atoms with van der Waals surface area (Å²) in [5.41, 5.74) is -0.278. The number of pyridine rings is 1. The zero-order chi connectivity index (χ0) is 15.3. The predicted molar refractivity (Wildman–Crippen MR) is 76.2 cm³/mol. The van der Waals surface area contributed by atoms with Crippen LogP contribution in [0.3, 0.4) is 0 Å². The second kappa shape index (κ2) is 6.83. The average molecular weight is 287 g/mol. The van der Waals surface area contributed by atoms with Crippen LogP contribution >= 0.6 is 0 Å². The highest BCUT2D eigenvalue weighted by molar-refractivity contribution is 5.39. The third-order valence-electron chi connectivity index (χ3n) is 3.21. The van der Waals surface area contributed by atoms with Crippen molar-refractivity contribution in [1.82, 2.24) is 9.88 Å². The summed E-state index contributed by atoms with van der Waals surface area (Å²) in [7, 11) is 3.82. The van der Waals surface area contributed by atoms with Gasteiger partial charge in [-0.1, -0.05) is 6.92 Å². The predicted octanol–water partition coefficient (Wildman–Crippen LogP) is 2.90. The van der Waals surface area contributed by atoms with Gasteiger partial charge in [0.25, 0.3) is 5.88 Å². The molecule has 0 unspecified atom stereocenters. The topological polar surface area (TPSA) is 37.4 Å². The van der Waals surface area contributed by atoms with E-state index in [1.165, 1.54) is 0 Å². The lowest BCUT2D eigenvalue weighted by Gasteiger charge is -2.31. The van der Waals surface area contributed by atoms with E-state index >= 15 is 0 Å². The van der Waals surface area contributed by atoms with Gasteiger partial charge in [-0.05, 0) is 34.4 Å². The summed E-state index contributed by atoms with van der Waals surface area (Å²) < 4.78 is 32.6. The number of halogens is 2. The van der Waals surface area contributed by atoms with Crippen LogP contribution in [-0.4, -0.2) is 42.7 Å². The van der Waals surface area contributed by atoms with Crippen molar-refractivity contribution >= 4 is 5.82 Å². The van der Waals surface area contributed by atoms with Crippen LogP contribution in [0, 0.1) is 11.6 Å². The maximum Gasteiger partial charge on any atom is 0.252 e. The Morgan fingerprint density at radius 1 is 1.30 bits per heavy atom. The molecule has 0 atom stereocenters. The van der Waals surface area contributed by atoms with E-state index in [1.54, 1.807) is 0 Å². The molecule has 0 aliphatic rings. The zero-order valence-electron chi connectivity index (χ0n) is 12.8. The molecule has 0 spiro atoms. The lowest BCUT2D eigenvalue weighted by Crippen LogP contribution is -2.43. The Morgan fingerprint density at radius 3 is 2.50 bits per heavy atom. The van der Waals surface area contributed by atoms with Crippen LogP contribution in [0.4, 0.5) is 14.6 Å². The Kier molecular flexibility index (Phi) is 5.68. The van der Waals surface area contributed by atoms with Gasteiger partial charge in [0.1, 0.15) is 6.61 Å². The molecule has 1 aromatic heterocycles. The second-order valence-corrected chi connectivity index (χ2v) is 5.53. The molecule has 114 valence electrons. The van der Waals surface area contributed by atoms with Gasteiger partial charge in [-0.2, -0.15) is 4.98 Å². The maximum absolute atomic E-state index is 13.7. The van der Waals surface area contributed by atoms with Gasteiger partial charge in [-0.15, -0.1) is 0 Å². The van der Waals surface area contributed by atoms with E-state index in [-0.39, 0.29) is 23.8 Å². The van der Waals surface area contributed by atoms with Crippen LogP contribution in [0.2, 0.25) is 0 Å². The highest BCUT2D eigenvalue weighted by Crippen LogP contribution is 2.22. The fraction of sp³-hybridized carbons (Fsp3) is 0.643. The summed E-state index contributed by atoms with van der Waals surface area (Å²) in [4.78, 5) is 5.83. The molecule has 6 heteroatoms. The maximum atomic E-state index is 13.7. The molecule has 4 nitrogen and oxygen atoms in total. The molecule has 0 amide bonds. The van der Waals surface area contributed by atoms with E-state index < -0.39 is 11.6 Å². The van der Waals surface area contributed by atoms with Crippen molar-refractivity contribution in [3.63, 3.8) is 0 Å². The van der Waals surface area contributed by atoms with E-state index in [1.807, 2.05) is 39.8 Å². The van der Waals surface area contributed by atoms with Gasteiger partial charge in [0.05, 0.1) is 0 Å². The monoisotopic (exact) mass is 287 g/mol. The number of rotatable bonds is 7. The van der Waals surface area contributed by atoms with Crippen LogP contribution in [0.15, 0.2) is 6.07 Å². The normalized spacial score (nSPS) is 11.8. The highest BCUT2D eigenvalue weighted by atomic mass is 19.1. The molecular formula is C14H23F2N3O. The van der Waals surface area contributed by atoms with Crippen LogP contribution in [0.25, 0.3) is 0 Å². The fourth-order valence-corrected chi connectivity index (χ4v) is 1.29. The molecule has 0 aliphatic heterocycles. The zero-order valence-corrected chi connectivity index (χ0v) is 12.8. The van der Waals surface area contributed by atoms with Gasteiger partial charge in [0.15, 0.2) is 17.5 Å². The van der Waals surface area contributed by atoms with Gasteiger partial charge < -0.3 is 15.0 Å². The summed E-state index contributed by atoms with van der Waals surface area (Å²) in [6.07, 6.45) is 0.822. The Morgan fingerprint density at radius 2 is 1.95 bits per heavy atom. The number of nitrogens with zero attached hydrogens (tertiary/aromatic N) is 2. The summed E-state index contributed by atoms with van der Waals surface area (Å²) in [6.45, 7) is 6.70.